The molecule has 7 heteroatoms. The van der Waals surface area contributed by atoms with Crippen molar-refractivity contribution >= 4 is 39.8 Å². The fourth-order valence-corrected chi connectivity index (χ4v) is 2.70. The Kier molecular flexibility index (Phi) is 5.14. The lowest BCUT2D eigenvalue weighted by Gasteiger charge is -2.07. The van der Waals surface area contributed by atoms with Crippen molar-refractivity contribution in [3.05, 3.63) is 33.9 Å². The number of thiazole rings is 1. The summed E-state index contributed by atoms with van der Waals surface area (Å²) in [6.45, 7) is 6.79. The second-order valence-corrected chi connectivity index (χ2v) is 6.01. The van der Waals surface area contributed by atoms with E-state index < -0.39 is 0 Å². The second-order valence-electron chi connectivity index (χ2n) is 4.74. The zero-order valence-electron chi connectivity index (χ0n) is 12.1. The predicted octanol–water partition coefficient (Wildman–Crippen LogP) is 4.00. The molecule has 2 aromatic heterocycles. The van der Waals surface area contributed by atoms with Gasteiger partial charge in [-0.2, -0.15) is 0 Å². The van der Waals surface area contributed by atoms with Crippen LogP contribution in [0, 0.1) is 0 Å². The van der Waals surface area contributed by atoms with Gasteiger partial charge < -0.3 is 5.32 Å². The molecule has 0 aliphatic carbocycles. The Bertz CT molecular complexity index is 642. The van der Waals surface area contributed by atoms with Crippen molar-refractivity contribution in [1.29, 1.82) is 0 Å². The molecule has 5 nitrogen and oxygen atoms in total. The molecule has 1 amide bonds. The van der Waals surface area contributed by atoms with E-state index in [0.717, 1.165) is 12.2 Å². The van der Waals surface area contributed by atoms with Gasteiger partial charge in [-0.05, 0) is 25.0 Å². The van der Waals surface area contributed by atoms with Crippen molar-refractivity contribution in [2.75, 3.05) is 17.2 Å². The van der Waals surface area contributed by atoms with E-state index >= 15 is 0 Å². The van der Waals surface area contributed by atoms with Crippen LogP contribution in [0.4, 0.5) is 10.9 Å². The molecule has 0 aliphatic rings. The van der Waals surface area contributed by atoms with Crippen molar-refractivity contribution in [3.63, 3.8) is 0 Å². The molecule has 0 atom stereocenters. The van der Waals surface area contributed by atoms with Crippen molar-refractivity contribution in [3.8, 4) is 0 Å². The first-order valence-electron chi connectivity index (χ1n) is 6.68. The minimum atomic E-state index is -0.357. The summed E-state index contributed by atoms with van der Waals surface area (Å²) >= 11 is 7.44. The largest absolute Gasteiger partial charge is 0.370 e. The fraction of sp³-hybridized carbons (Fsp3) is 0.357. The molecule has 21 heavy (non-hydrogen) atoms. The molecule has 0 fully saturated rings. The smallest absolute Gasteiger partial charge is 0.277 e. The first kappa shape index (κ1) is 15.7. The molecule has 0 aliphatic heterocycles. The summed E-state index contributed by atoms with van der Waals surface area (Å²) in [5.74, 6) is 0.587. The molecule has 2 aromatic rings. The highest BCUT2D eigenvalue weighted by Gasteiger charge is 2.15. The molecule has 2 rings (SSSR count). The highest BCUT2D eigenvalue weighted by atomic mass is 35.5. The van der Waals surface area contributed by atoms with Crippen LogP contribution in [0.2, 0.25) is 5.02 Å². The normalized spacial score (nSPS) is 10.7. The maximum absolute atomic E-state index is 12.3. The van der Waals surface area contributed by atoms with E-state index in [4.69, 9.17) is 11.6 Å². The first-order chi connectivity index (χ1) is 10.0. The van der Waals surface area contributed by atoms with Gasteiger partial charge in [0.05, 0.1) is 10.7 Å². The summed E-state index contributed by atoms with van der Waals surface area (Å²) < 4.78 is 0. The Hall–Kier alpha value is -1.66. The number of carbonyl (C=O) groups excluding carboxylic acids is 1. The molecule has 0 spiro atoms. The summed E-state index contributed by atoms with van der Waals surface area (Å²) in [6, 6.07) is 3.39. The van der Waals surface area contributed by atoms with Gasteiger partial charge in [0.15, 0.2) is 5.13 Å². The van der Waals surface area contributed by atoms with Crippen molar-refractivity contribution in [1.82, 2.24) is 9.97 Å². The first-order valence-corrected chi connectivity index (χ1v) is 7.94. The van der Waals surface area contributed by atoms with Gasteiger partial charge in [-0.3, -0.25) is 10.1 Å². The van der Waals surface area contributed by atoms with Gasteiger partial charge in [-0.25, -0.2) is 9.97 Å². The maximum atomic E-state index is 12.3. The number of amides is 1. The third-order valence-corrected chi connectivity index (χ3v) is 3.83. The van der Waals surface area contributed by atoms with Crippen LogP contribution in [0.1, 0.15) is 42.9 Å². The van der Waals surface area contributed by atoms with Gasteiger partial charge in [-0.1, -0.05) is 25.4 Å². The van der Waals surface area contributed by atoms with Crippen LogP contribution >= 0.6 is 22.9 Å². The molecule has 2 N–H and O–H groups in total. The van der Waals surface area contributed by atoms with Crippen LogP contribution in [0.15, 0.2) is 17.5 Å². The van der Waals surface area contributed by atoms with E-state index in [1.165, 1.54) is 11.3 Å². The van der Waals surface area contributed by atoms with Crippen molar-refractivity contribution < 1.29 is 4.79 Å². The fourth-order valence-electron chi connectivity index (χ4n) is 1.65. The topological polar surface area (TPSA) is 66.9 Å². The maximum Gasteiger partial charge on any atom is 0.277 e. The molecule has 0 saturated carbocycles. The van der Waals surface area contributed by atoms with E-state index in [1.54, 1.807) is 12.1 Å². The molecule has 2 heterocycles. The van der Waals surface area contributed by atoms with E-state index in [9.17, 15) is 4.79 Å². The summed E-state index contributed by atoms with van der Waals surface area (Å²) in [7, 11) is 0. The number of carbonyl (C=O) groups is 1. The SMILES string of the molecule is CCNc1ccc(Cl)c(C(=O)Nc2nc(C(C)C)cs2)n1. The minimum Gasteiger partial charge on any atom is -0.370 e. The number of nitrogens with one attached hydrogen (secondary N) is 2. The molecule has 0 saturated heterocycles. The average Bonchev–Trinajstić information content (AvgIpc) is 2.90. The van der Waals surface area contributed by atoms with E-state index in [0.29, 0.717) is 21.9 Å². The number of anilines is 2. The number of hydrogen-bond acceptors (Lipinski definition) is 5. The Morgan fingerprint density at radius 1 is 1.38 bits per heavy atom. The molecule has 0 bridgehead atoms. The van der Waals surface area contributed by atoms with Crippen LogP contribution in [0.25, 0.3) is 0 Å². The quantitative estimate of drug-likeness (QED) is 0.872. The number of nitrogens with zero attached hydrogens (tertiary/aromatic N) is 2. The average molecular weight is 325 g/mol. The summed E-state index contributed by atoms with van der Waals surface area (Å²) in [5, 5.41) is 8.59. The second kappa shape index (κ2) is 6.87. The summed E-state index contributed by atoms with van der Waals surface area (Å²) in [5.41, 5.74) is 1.15. The van der Waals surface area contributed by atoms with Gasteiger partial charge in [0.2, 0.25) is 0 Å². The Balaban J connectivity index is 2.17. The molecular formula is C14H17ClN4OS. The predicted molar refractivity (Wildman–Crippen MR) is 87.6 cm³/mol. The van der Waals surface area contributed by atoms with Crippen LogP contribution in [-0.4, -0.2) is 22.4 Å². The number of hydrogen-bond donors (Lipinski definition) is 2. The minimum absolute atomic E-state index is 0.191. The van der Waals surface area contributed by atoms with Crippen molar-refractivity contribution in [2.45, 2.75) is 26.7 Å². The third kappa shape index (κ3) is 3.92. The van der Waals surface area contributed by atoms with E-state index in [2.05, 4.69) is 34.4 Å². The van der Waals surface area contributed by atoms with Gasteiger partial charge in [0, 0.05) is 11.9 Å². The molecule has 0 radical (unpaired) electrons. The van der Waals surface area contributed by atoms with Crippen molar-refractivity contribution in [2.24, 2.45) is 0 Å². The zero-order chi connectivity index (χ0) is 15.4. The van der Waals surface area contributed by atoms with Crippen LogP contribution in [0.5, 0.6) is 0 Å². The van der Waals surface area contributed by atoms with E-state index in [1.807, 2.05) is 12.3 Å². The highest BCUT2D eigenvalue weighted by molar-refractivity contribution is 7.14. The molecule has 0 unspecified atom stereocenters. The van der Waals surface area contributed by atoms with Crippen LogP contribution in [-0.2, 0) is 0 Å². The van der Waals surface area contributed by atoms with Crippen LogP contribution in [0.3, 0.4) is 0 Å². The van der Waals surface area contributed by atoms with Gasteiger partial charge in [-0.15, -0.1) is 11.3 Å². The van der Waals surface area contributed by atoms with Crippen LogP contribution < -0.4 is 10.6 Å². The number of aromatic nitrogens is 2. The lowest BCUT2D eigenvalue weighted by atomic mass is 10.2. The molecule has 0 aromatic carbocycles. The zero-order valence-corrected chi connectivity index (χ0v) is 13.7. The number of halogens is 1. The number of pyridine rings is 1. The van der Waals surface area contributed by atoms with E-state index in [-0.39, 0.29) is 11.6 Å². The summed E-state index contributed by atoms with van der Waals surface area (Å²) in [6.07, 6.45) is 0. The Morgan fingerprint density at radius 3 is 2.76 bits per heavy atom. The monoisotopic (exact) mass is 324 g/mol. The third-order valence-electron chi connectivity index (χ3n) is 2.75. The van der Waals surface area contributed by atoms with Gasteiger partial charge in [0.25, 0.3) is 5.91 Å². The Labute approximate surface area is 132 Å². The standard InChI is InChI=1S/C14H17ClN4OS/c1-4-16-11-6-5-9(15)12(18-11)13(20)19-14-17-10(7-21-14)8(2)3/h5-8H,4H2,1-3H3,(H,16,18)(H,17,19,20). The summed E-state index contributed by atoms with van der Waals surface area (Å²) in [4.78, 5) is 20.8. The lowest BCUT2D eigenvalue weighted by Crippen LogP contribution is -2.15. The molecule has 112 valence electrons. The highest BCUT2D eigenvalue weighted by Crippen LogP contribution is 2.23. The van der Waals surface area contributed by atoms with Gasteiger partial charge >= 0.3 is 0 Å². The lowest BCUT2D eigenvalue weighted by molar-refractivity contribution is 0.102. The molecular weight excluding hydrogens is 308 g/mol. The van der Waals surface area contributed by atoms with Gasteiger partial charge in [0.1, 0.15) is 11.5 Å². The number of rotatable bonds is 5. The Morgan fingerprint density at radius 2 is 2.14 bits per heavy atom.